The lowest BCUT2D eigenvalue weighted by Crippen LogP contribution is -2.24. The van der Waals surface area contributed by atoms with Gasteiger partial charge in [0.2, 0.25) is 0 Å². The molecule has 0 aliphatic rings. The number of aromatic amines is 1. The molecular formula is C16H19N3S. The molecule has 104 valence electrons. The van der Waals surface area contributed by atoms with Crippen LogP contribution in [0.15, 0.2) is 42.0 Å². The van der Waals surface area contributed by atoms with E-state index >= 15 is 0 Å². The van der Waals surface area contributed by atoms with Crippen LogP contribution in [-0.2, 0) is 6.54 Å². The Bertz CT molecular complexity index is 670. The Morgan fingerprint density at radius 3 is 2.95 bits per heavy atom. The van der Waals surface area contributed by atoms with E-state index in [1.807, 2.05) is 23.6 Å². The number of thiophene rings is 1. The monoisotopic (exact) mass is 285 g/mol. The van der Waals surface area contributed by atoms with E-state index < -0.39 is 0 Å². The number of rotatable bonds is 5. The van der Waals surface area contributed by atoms with Crippen molar-refractivity contribution >= 4 is 22.4 Å². The maximum Gasteiger partial charge on any atom is 0.137 e. The molecule has 2 N–H and O–H groups in total. The van der Waals surface area contributed by atoms with Gasteiger partial charge in [-0.15, -0.1) is 11.3 Å². The average Bonchev–Trinajstić information content (AvgIpc) is 3.09. The van der Waals surface area contributed by atoms with Gasteiger partial charge in [0.05, 0.1) is 0 Å². The van der Waals surface area contributed by atoms with Gasteiger partial charge in [0, 0.05) is 35.2 Å². The smallest absolute Gasteiger partial charge is 0.137 e. The fourth-order valence-electron chi connectivity index (χ4n) is 2.51. The van der Waals surface area contributed by atoms with Crippen LogP contribution in [0.1, 0.15) is 30.3 Å². The van der Waals surface area contributed by atoms with Crippen molar-refractivity contribution in [1.29, 1.82) is 0 Å². The fraction of sp³-hybridized carbons (Fsp3) is 0.312. The van der Waals surface area contributed by atoms with Crippen molar-refractivity contribution in [1.82, 2.24) is 15.3 Å². The molecule has 0 spiro atoms. The number of nitrogens with zero attached hydrogens (tertiary/aromatic N) is 1. The fourth-order valence-corrected chi connectivity index (χ4v) is 3.49. The first-order chi connectivity index (χ1) is 9.75. The Labute approximate surface area is 123 Å². The quantitative estimate of drug-likeness (QED) is 0.740. The summed E-state index contributed by atoms with van der Waals surface area (Å²) >= 11 is 1.82. The van der Waals surface area contributed by atoms with Gasteiger partial charge in [-0.3, -0.25) is 0 Å². The second-order valence-electron chi connectivity index (χ2n) is 5.33. The maximum absolute atomic E-state index is 4.33. The summed E-state index contributed by atoms with van der Waals surface area (Å²) in [5, 5.41) is 7.02. The molecule has 0 amide bonds. The third-order valence-electron chi connectivity index (χ3n) is 3.57. The third-order valence-corrected chi connectivity index (χ3v) is 4.52. The van der Waals surface area contributed by atoms with E-state index in [9.17, 15) is 0 Å². The highest BCUT2D eigenvalue weighted by Gasteiger charge is 2.16. The normalized spacial score (nSPS) is 13.2. The van der Waals surface area contributed by atoms with Crippen LogP contribution >= 0.6 is 11.3 Å². The first kappa shape index (κ1) is 13.3. The lowest BCUT2D eigenvalue weighted by Gasteiger charge is -2.21. The Morgan fingerprint density at radius 2 is 2.20 bits per heavy atom. The van der Waals surface area contributed by atoms with E-state index in [0.29, 0.717) is 12.0 Å². The van der Waals surface area contributed by atoms with Crippen molar-refractivity contribution < 1.29 is 0 Å². The van der Waals surface area contributed by atoms with Crippen LogP contribution in [0.3, 0.4) is 0 Å². The van der Waals surface area contributed by atoms with Crippen molar-refractivity contribution in [3.8, 4) is 0 Å². The Morgan fingerprint density at radius 1 is 1.30 bits per heavy atom. The zero-order chi connectivity index (χ0) is 13.9. The van der Waals surface area contributed by atoms with Crippen LogP contribution < -0.4 is 5.32 Å². The Hall–Kier alpha value is -1.65. The molecule has 0 aliphatic heterocycles. The maximum atomic E-state index is 4.33. The van der Waals surface area contributed by atoms with Gasteiger partial charge in [-0.25, -0.2) is 4.98 Å². The first-order valence-corrected chi connectivity index (χ1v) is 7.81. The lowest BCUT2D eigenvalue weighted by atomic mass is 10.0. The molecule has 3 aromatic rings. The van der Waals surface area contributed by atoms with Gasteiger partial charge in [-0.1, -0.05) is 19.9 Å². The van der Waals surface area contributed by atoms with Crippen LogP contribution in [0.25, 0.3) is 11.0 Å². The van der Waals surface area contributed by atoms with Gasteiger partial charge in [-0.2, -0.15) is 0 Å². The standard InChI is InChI=1S/C16H19N3S/c1-11(2)15(14-6-4-8-20-14)18-9-12-10-19-16-13(12)5-3-7-17-16/h3-8,10-11,15,18H,9H2,1-2H3,(H,17,19). The number of nitrogens with one attached hydrogen (secondary N) is 2. The van der Waals surface area contributed by atoms with E-state index in [1.54, 1.807) is 0 Å². The molecular weight excluding hydrogens is 266 g/mol. The topological polar surface area (TPSA) is 40.7 Å². The molecule has 3 aromatic heterocycles. The van der Waals surface area contributed by atoms with Gasteiger partial charge in [0.15, 0.2) is 0 Å². The predicted octanol–water partition coefficient (Wildman–Crippen LogP) is 4.11. The zero-order valence-electron chi connectivity index (χ0n) is 11.8. The summed E-state index contributed by atoms with van der Waals surface area (Å²) in [5.74, 6) is 0.567. The van der Waals surface area contributed by atoms with E-state index in [4.69, 9.17) is 0 Å². The summed E-state index contributed by atoms with van der Waals surface area (Å²) in [6.45, 7) is 5.37. The highest BCUT2D eigenvalue weighted by molar-refractivity contribution is 7.10. The molecule has 20 heavy (non-hydrogen) atoms. The number of pyridine rings is 1. The van der Waals surface area contributed by atoms with Crippen molar-refractivity contribution in [2.75, 3.05) is 0 Å². The predicted molar refractivity (Wildman–Crippen MR) is 84.8 cm³/mol. The van der Waals surface area contributed by atoms with E-state index in [-0.39, 0.29) is 0 Å². The van der Waals surface area contributed by atoms with E-state index in [1.165, 1.54) is 15.8 Å². The van der Waals surface area contributed by atoms with Crippen LogP contribution in [0, 0.1) is 5.92 Å². The molecule has 4 heteroatoms. The summed E-state index contributed by atoms with van der Waals surface area (Å²) < 4.78 is 0. The van der Waals surface area contributed by atoms with Gasteiger partial charge < -0.3 is 10.3 Å². The van der Waals surface area contributed by atoms with Crippen LogP contribution in [0.2, 0.25) is 0 Å². The summed E-state index contributed by atoms with van der Waals surface area (Å²) in [7, 11) is 0. The van der Waals surface area contributed by atoms with Crippen LogP contribution in [0.4, 0.5) is 0 Å². The van der Waals surface area contributed by atoms with Gasteiger partial charge in [-0.05, 0) is 35.1 Å². The minimum Gasteiger partial charge on any atom is -0.346 e. The Kier molecular flexibility index (Phi) is 3.85. The highest BCUT2D eigenvalue weighted by Crippen LogP contribution is 2.26. The lowest BCUT2D eigenvalue weighted by molar-refractivity contribution is 0.417. The number of hydrogen-bond acceptors (Lipinski definition) is 3. The minimum atomic E-state index is 0.400. The van der Waals surface area contributed by atoms with E-state index in [2.05, 4.69) is 58.9 Å². The molecule has 0 radical (unpaired) electrons. The average molecular weight is 285 g/mol. The largest absolute Gasteiger partial charge is 0.346 e. The van der Waals surface area contributed by atoms with Gasteiger partial charge >= 0.3 is 0 Å². The second-order valence-corrected chi connectivity index (χ2v) is 6.31. The zero-order valence-corrected chi connectivity index (χ0v) is 12.6. The first-order valence-electron chi connectivity index (χ1n) is 6.93. The number of H-pyrrole nitrogens is 1. The Balaban J connectivity index is 1.78. The molecule has 3 rings (SSSR count). The minimum absolute atomic E-state index is 0.400. The molecule has 0 aromatic carbocycles. The summed E-state index contributed by atoms with van der Waals surface area (Å²) in [6, 6.07) is 8.83. The molecule has 1 unspecified atom stereocenters. The summed E-state index contributed by atoms with van der Waals surface area (Å²) in [5.41, 5.74) is 2.23. The molecule has 0 saturated heterocycles. The van der Waals surface area contributed by atoms with Crippen molar-refractivity contribution in [3.63, 3.8) is 0 Å². The van der Waals surface area contributed by atoms with Gasteiger partial charge in [0.25, 0.3) is 0 Å². The molecule has 1 atom stereocenters. The second kappa shape index (κ2) is 5.77. The van der Waals surface area contributed by atoms with Crippen LogP contribution in [-0.4, -0.2) is 9.97 Å². The van der Waals surface area contributed by atoms with E-state index in [0.717, 1.165) is 12.2 Å². The summed E-state index contributed by atoms with van der Waals surface area (Å²) in [4.78, 5) is 8.96. The molecule has 0 bridgehead atoms. The SMILES string of the molecule is CC(C)C(NCc1c[nH]c2ncccc12)c1cccs1. The summed E-state index contributed by atoms with van der Waals surface area (Å²) in [6.07, 6.45) is 3.87. The van der Waals surface area contributed by atoms with Crippen LogP contribution in [0.5, 0.6) is 0 Å². The molecule has 0 saturated carbocycles. The molecule has 0 fully saturated rings. The molecule has 0 aliphatic carbocycles. The van der Waals surface area contributed by atoms with Gasteiger partial charge in [0.1, 0.15) is 5.65 Å². The molecule has 3 nitrogen and oxygen atoms in total. The van der Waals surface area contributed by atoms with Crippen molar-refractivity contribution in [3.05, 3.63) is 52.5 Å². The highest BCUT2D eigenvalue weighted by atomic mass is 32.1. The molecule has 3 heterocycles. The van der Waals surface area contributed by atoms with Crippen molar-refractivity contribution in [2.24, 2.45) is 5.92 Å². The number of fused-ring (bicyclic) bond motifs is 1. The van der Waals surface area contributed by atoms with Crippen molar-refractivity contribution in [2.45, 2.75) is 26.4 Å². The number of aromatic nitrogens is 2. The third kappa shape index (κ3) is 2.62. The number of hydrogen-bond donors (Lipinski definition) is 2.